The van der Waals surface area contributed by atoms with Gasteiger partial charge in [-0.3, -0.25) is 9.59 Å². The van der Waals surface area contributed by atoms with Crippen molar-refractivity contribution in [3.63, 3.8) is 0 Å². The van der Waals surface area contributed by atoms with Crippen molar-refractivity contribution in [3.05, 3.63) is 23.8 Å². The van der Waals surface area contributed by atoms with Gasteiger partial charge in [0.1, 0.15) is 0 Å². The van der Waals surface area contributed by atoms with Crippen LogP contribution in [0.2, 0.25) is 0 Å². The second-order valence-electron chi connectivity index (χ2n) is 5.81. The van der Waals surface area contributed by atoms with E-state index in [0.29, 0.717) is 24.3 Å². The normalized spacial score (nSPS) is 18.3. The lowest BCUT2D eigenvalue weighted by atomic mass is 10.1. The molecule has 1 unspecified atom stereocenters. The Hall–Kier alpha value is -1.93. The van der Waals surface area contributed by atoms with Crippen LogP contribution in [0.3, 0.4) is 0 Å². The number of hydrogen-bond acceptors (Lipinski definition) is 4. The number of amides is 2. The molecule has 1 aliphatic rings. The second kappa shape index (κ2) is 6.67. The number of carbonyl (C=O) groups excluding carboxylic acids is 2. The quantitative estimate of drug-likeness (QED) is 0.833. The third kappa shape index (κ3) is 4.52. The molecular formula is C15H21N3O4S. The summed E-state index contributed by atoms with van der Waals surface area (Å²) in [6.07, 6.45) is 0.518. The second-order valence-corrected chi connectivity index (χ2v) is 7.47. The number of anilines is 2. The third-order valence-corrected chi connectivity index (χ3v) is 4.71. The van der Waals surface area contributed by atoms with Crippen molar-refractivity contribution in [1.82, 2.24) is 0 Å². The number of hydrogen-bond donors (Lipinski definition) is 2. The van der Waals surface area contributed by atoms with Crippen molar-refractivity contribution in [1.29, 1.82) is 0 Å². The van der Waals surface area contributed by atoms with Gasteiger partial charge >= 0.3 is 0 Å². The van der Waals surface area contributed by atoms with E-state index in [0.717, 1.165) is 5.56 Å². The maximum Gasteiger partial charge on any atom is 0.227 e. The number of benzene rings is 1. The average molecular weight is 339 g/mol. The first-order valence-corrected chi connectivity index (χ1v) is 9.12. The Balaban J connectivity index is 2.22. The van der Waals surface area contributed by atoms with Gasteiger partial charge < -0.3 is 10.2 Å². The maximum atomic E-state index is 12.2. The van der Waals surface area contributed by atoms with Gasteiger partial charge in [0.05, 0.1) is 5.75 Å². The fourth-order valence-electron chi connectivity index (χ4n) is 2.68. The van der Waals surface area contributed by atoms with E-state index in [1.54, 1.807) is 24.0 Å². The average Bonchev–Trinajstić information content (AvgIpc) is 2.79. The summed E-state index contributed by atoms with van der Waals surface area (Å²) in [6, 6.07) is 5.33. The predicted octanol–water partition coefficient (Wildman–Crippen LogP) is 0.985. The Bertz CT molecular complexity index is 730. The molecule has 3 N–H and O–H groups in total. The molecule has 2 amide bonds. The summed E-state index contributed by atoms with van der Waals surface area (Å²) < 4.78 is 22.4. The van der Waals surface area contributed by atoms with Gasteiger partial charge in [-0.25, -0.2) is 13.6 Å². The Kier molecular flexibility index (Phi) is 5.06. The van der Waals surface area contributed by atoms with Crippen molar-refractivity contribution in [2.75, 3.05) is 22.5 Å². The lowest BCUT2D eigenvalue weighted by Gasteiger charge is -2.20. The molecule has 1 aromatic rings. The number of rotatable bonds is 5. The molecule has 126 valence electrons. The van der Waals surface area contributed by atoms with Gasteiger partial charge in [-0.2, -0.15) is 0 Å². The molecule has 0 bridgehead atoms. The number of nitrogens with two attached hydrogens (primary N) is 1. The molecule has 0 saturated carbocycles. The summed E-state index contributed by atoms with van der Waals surface area (Å²) in [7, 11) is -3.61. The lowest BCUT2D eigenvalue weighted by Crippen LogP contribution is -2.28. The summed E-state index contributed by atoms with van der Waals surface area (Å²) in [5.41, 5.74) is 2.17. The lowest BCUT2D eigenvalue weighted by molar-refractivity contribution is -0.117. The maximum absolute atomic E-state index is 12.2. The summed E-state index contributed by atoms with van der Waals surface area (Å²) in [5.74, 6) is -0.772. The van der Waals surface area contributed by atoms with Crippen LogP contribution in [0.15, 0.2) is 18.2 Å². The fourth-order valence-corrected chi connectivity index (χ4v) is 3.56. The highest BCUT2D eigenvalue weighted by Gasteiger charge is 2.33. The minimum Gasteiger partial charge on any atom is -0.326 e. The van der Waals surface area contributed by atoms with Gasteiger partial charge in [0.25, 0.3) is 0 Å². The monoisotopic (exact) mass is 339 g/mol. The van der Waals surface area contributed by atoms with Crippen molar-refractivity contribution in [2.24, 2.45) is 11.1 Å². The largest absolute Gasteiger partial charge is 0.326 e. The highest BCUT2D eigenvalue weighted by Crippen LogP contribution is 2.30. The number of primary sulfonamides is 1. The smallest absolute Gasteiger partial charge is 0.227 e. The summed E-state index contributed by atoms with van der Waals surface area (Å²) in [4.78, 5) is 25.3. The molecule has 1 saturated heterocycles. The molecule has 1 fully saturated rings. The molecule has 1 aliphatic heterocycles. The van der Waals surface area contributed by atoms with Gasteiger partial charge in [-0.05, 0) is 24.6 Å². The molecule has 0 aromatic heterocycles. The molecule has 1 atom stereocenters. The zero-order chi connectivity index (χ0) is 17.2. The van der Waals surface area contributed by atoms with E-state index in [-0.39, 0.29) is 29.9 Å². The fraction of sp³-hybridized carbons (Fsp3) is 0.467. The third-order valence-electron chi connectivity index (χ3n) is 3.78. The van der Waals surface area contributed by atoms with Crippen LogP contribution in [-0.4, -0.2) is 32.5 Å². The number of nitrogens with one attached hydrogen (secondary N) is 1. The summed E-state index contributed by atoms with van der Waals surface area (Å²) >= 11 is 0. The van der Waals surface area contributed by atoms with E-state index >= 15 is 0 Å². The molecule has 1 aromatic carbocycles. The molecule has 0 spiro atoms. The van der Waals surface area contributed by atoms with Crippen LogP contribution in [0.4, 0.5) is 11.4 Å². The van der Waals surface area contributed by atoms with Crippen molar-refractivity contribution < 1.29 is 18.0 Å². The molecule has 2 rings (SSSR count). The zero-order valence-corrected chi connectivity index (χ0v) is 14.0. The first-order valence-electron chi connectivity index (χ1n) is 7.41. The Morgan fingerprint density at radius 1 is 1.43 bits per heavy atom. The molecule has 8 heteroatoms. The van der Waals surface area contributed by atoms with Crippen LogP contribution in [0.25, 0.3) is 0 Å². The highest BCUT2D eigenvalue weighted by molar-refractivity contribution is 7.89. The zero-order valence-electron chi connectivity index (χ0n) is 13.2. The standard InChI is InChI=1S/C15H21N3O4S/c1-3-14(19)17-12-5-4-10(2)13(7-12)18-8-11(6-15(18)20)9-23(16,21)22/h4-5,7,11H,3,6,8-9H2,1-2H3,(H,17,19)(H2,16,21,22). The van der Waals surface area contributed by atoms with E-state index in [1.165, 1.54) is 0 Å². The van der Waals surface area contributed by atoms with E-state index in [1.807, 2.05) is 13.0 Å². The van der Waals surface area contributed by atoms with Crippen LogP contribution in [0.1, 0.15) is 25.3 Å². The molecule has 23 heavy (non-hydrogen) atoms. The van der Waals surface area contributed by atoms with Crippen LogP contribution >= 0.6 is 0 Å². The number of aryl methyl sites for hydroxylation is 1. The van der Waals surface area contributed by atoms with E-state index in [2.05, 4.69) is 5.32 Å². The molecule has 0 aliphatic carbocycles. The van der Waals surface area contributed by atoms with E-state index in [9.17, 15) is 18.0 Å². The van der Waals surface area contributed by atoms with Crippen LogP contribution in [-0.2, 0) is 19.6 Å². The van der Waals surface area contributed by atoms with Crippen molar-refractivity contribution >= 4 is 33.2 Å². The topological polar surface area (TPSA) is 110 Å². The minimum absolute atomic E-state index is 0.111. The molecule has 1 heterocycles. The van der Waals surface area contributed by atoms with Gasteiger partial charge in [0.2, 0.25) is 21.8 Å². The number of sulfonamides is 1. The first-order chi connectivity index (χ1) is 10.7. The van der Waals surface area contributed by atoms with Gasteiger partial charge in [0.15, 0.2) is 0 Å². The SMILES string of the molecule is CCC(=O)Nc1ccc(C)c(N2CC(CS(N)(=O)=O)CC2=O)c1. The number of nitrogens with zero attached hydrogens (tertiary/aromatic N) is 1. The van der Waals surface area contributed by atoms with Crippen LogP contribution < -0.4 is 15.4 Å². The summed E-state index contributed by atoms with van der Waals surface area (Å²) in [5, 5.41) is 7.82. The first kappa shape index (κ1) is 17.4. The van der Waals surface area contributed by atoms with Crippen LogP contribution in [0.5, 0.6) is 0 Å². The summed E-state index contributed by atoms with van der Waals surface area (Å²) in [6.45, 7) is 3.93. The van der Waals surface area contributed by atoms with Gasteiger partial charge in [-0.1, -0.05) is 13.0 Å². The van der Waals surface area contributed by atoms with Crippen molar-refractivity contribution in [3.8, 4) is 0 Å². The Labute approximate surface area is 135 Å². The molecular weight excluding hydrogens is 318 g/mol. The molecule has 7 nitrogen and oxygen atoms in total. The van der Waals surface area contributed by atoms with Crippen molar-refractivity contribution in [2.45, 2.75) is 26.7 Å². The van der Waals surface area contributed by atoms with Crippen LogP contribution in [0, 0.1) is 12.8 Å². The van der Waals surface area contributed by atoms with Gasteiger partial charge in [0, 0.05) is 36.7 Å². The highest BCUT2D eigenvalue weighted by atomic mass is 32.2. The van der Waals surface area contributed by atoms with E-state index < -0.39 is 10.0 Å². The number of carbonyl (C=O) groups is 2. The Morgan fingerprint density at radius 2 is 2.13 bits per heavy atom. The predicted molar refractivity (Wildman–Crippen MR) is 88.5 cm³/mol. The van der Waals surface area contributed by atoms with Gasteiger partial charge in [-0.15, -0.1) is 0 Å². The molecule has 0 radical (unpaired) electrons. The minimum atomic E-state index is -3.61. The Morgan fingerprint density at radius 3 is 2.74 bits per heavy atom. The van der Waals surface area contributed by atoms with E-state index in [4.69, 9.17) is 5.14 Å².